The van der Waals surface area contributed by atoms with Crippen molar-refractivity contribution in [2.45, 2.75) is 33.4 Å². The number of aryl methyl sites for hydroxylation is 2. The van der Waals surface area contributed by atoms with E-state index in [0.717, 1.165) is 28.3 Å². The van der Waals surface area contributed by atoms with Crippen molar-refractivity contribution in [3.05, 3.63) is 52.6 Å². The van der Waals surface area contributed by atoms with Crippen LogP contribution in [0.2, 0.25) is 0 Å². The number of benzene rings is 1. The predicted molar refractivity (Wildman–Crippen MR) is 106 cm³/mol. The summed E-state index contributed by atoms with van der Waals surface area (Å²) < 4.78 is 6.73. The summed E-state index contributed by atoms with van der Waals surface area (Å²) in [5.41, 5.74) is 0.883. The number of thiophene rings is 1. The van der Waals surface area contributed by atoms with Crippen molar-refractivity contribution in [2.24, 2.45) is 4.99 Å². The largest absolute Gasteiger partial charge is 0.444 e. The number of aliphatic hydroxyl groups is 1. The van der Waals surface area contributed by atoms with Crippen LogP contribution in [0.5, 0.6) is 0 Å². The smallest absolute Gasteiger partial charge is 0.216 e. The highest BCUT2D eigenvalue weighted by Gasteiger charge is 2.12. The zero-order chi connectivity index (χ0) is 18.5. The fourth-order valence-electron chi connectivity index (χ4n) is 2.56. The minimum absolute atomic E-state index is 0.350. The predicted octanol–water partition coefficient (Wildman–Crippen LogP) is 3.29. The second kappa shape index (κ2) is 8.33. The molecule has 26 heavy (non-hydrogen) atoms. The molecule has 6 nitrogen and oxygen atoms in total. The van der Waals surface area contributed by atoms with Crippen LogP contribution in [-0.4, -0.2) is 29.1 Å². The third-order valence-electron chi connectivity index (χ3n) is 4.03. The summed E-state index contributed by atoms with van der Waals surface area (Å²) in [5, 5.41) is 18.0. The lowest BCUT2D eigenvalue weighted by molar-refractivity contribution is 0.184. The van der Waals surface area contributed by atoms with Crippen molar-refractivity contribution >= 4 is 27.4 Å². The molecular weight excluding hydrogens is 348 g/mol. The molecule has 0 amide bonds. The van der Waals surface area contributed by atoms with Gasteiger partial charge in [0.2, 0.25) is 5.89 Å². The zero-order valence-electron chi connectivity index (χ0n) is 15.2. The molecule has 3 N–H and O–H groups in total. The molecule has 0 aliphatic heterocycles. The molecule has 1 atom stereocenters. The van der Waals surface area contributed by atoms with Gasteiger partial charge in [0.25, 0.3) is 0 Å². The van der Waals surface area contributed by atoms with Crippen LogP contribution in [0.1, 0.15) is 35.2 Å². The quantitative estimate of drug-likeness (QED) is 0.457. The van der Waals surface area contributed by atoms with Crippen molar-refractivity contribution < 1.29 is 9.52 Å². The van der Waals surface area contributed by atoms with Gasteiger partial charge in [-0.15, -0.1) is 11.3 Å². The Labute approximate surface area is 157 Å². The topological polar surface area (TPSA) is 82.7 Å². The molecule has 1 aromatic carbocycles. The summed E-state index contributed by atoms with van der Waals surface area (Å²) in [6.45, 7) is 7.26. The van der Waals surface area contributed by atoms with Gasteiger partial charge >= 0.3 is 0 Å². The number of aromatic nitrogens is 1. The van der Waals surface area contributed by atoms with E-state index in [1.54, 1.807) is 11.3 Å². The lowest BCUT2D eigenvalue weighted by Gasteiger charge is -2.14. The van der Waals surface area contributed by atoms with E-state index in [0.29, 0.717) is 24.9 Å². The van der Waals surface area contributed by atoms with E-state index in [9.17, 15) is 5.11 Å². The molecule has 2 aromatic heterocycles. The maximum Gasteiger partial charge on any atom is 0.216 e. The lowest BCUT2D eigenvalue weighted by atomic mass is 10.2. The summed E-state index contributed by atoms with van der Waals surface area (Å²) in [5.74, 6) is 2.02. The fraction of sp³-hybridized carbons (Fsp3) is 0.368. The minimum Gasteiger partial charge on any atom is -0.444 e. The van der Waals surface area contributed by atoms with E-state index in [1.165, 1.54) is 4.70 Å². The van der Waals surface area contributed by atoms with Crippen LogP contribution >= 0.6 is 11.3 Å². The van der Waals surface area contributed by atoms with Gasteiger partial charge in [-0.25, -0.2) is 9.98 Å². The summed E-state index contributed by atoms with van der Waals surface area (Å²) in [4.78, 5) is 9.75. The summed E-state index contributed by atoms with van der Waals surface area (Å²) >= 11 is 1.61. The maximum absolute atomic E-state index is 10.5. The minimum atomic E-state index is -0.595. The van der Waals surface area contributed by atoms with Gasteiger partial charge in [0, 0.05) is 22.7 Å². The highest BCUT2D eigenvalue weighted by molar-refractivity contribution is 7.19. The average molecular weight is 372 g/mol. The van der Waals surface area contributed by atoms with Crippen molar-refractivity contribution in [2.75, 3.05) is 13.1 Å². The molecule has 0 radical (unpaired) electrons. The van der Waals surface area contributed by atoms with Crippen LogP contribution < -0.4 is 10.6 Å². The molecule has 0 saturated heterocycles. The molecule has 0 aliphatic rings. The second-order valence-corrected chi connectivity index (χ2v) is 7.14. The molecule has 0 fully saturated rings. The number of oxazole rings is 1. The van der Waals surface area contributed by atoms with Crippen LogP contribution in [0.3, 0.4) is 0 Å². The highest BCUT2D eigenvalue weighted by Crippen LogP contribution is 2.29. The number of aliphatic imine (C=N–C) groups is 1. The molecular formula is C19H24N4O2S. The molecule has 3 aromatic rings. The van der Waals surface area contributed by atoms with Crippen LogP contribution in [-0.2, 0) is 6.54 Å². The Kier molecular flexibility index (Phi) is 5.90. The number of hydrogen-bond donors (Lipinski definition) is 3. The monoisotopic (exact) mass is 372 g/mol. The number of fused-ring (bicyclic) bond motifs is 1. The van der Waals surface area contributed by atoms with Gasteiger partial charge in [-0.2, -0.15) is 0 Å². The Morgan fingerprint density at radius 3 is 2.81 bits per heavy atom. The van der Waals surface area contributed by atoms with E-state index in [1.807, 2.05) is 39.0 Å². The van der Waals surface area contributed by atoms with E-state index >= 15 is 0 Å². The number of aliphatic hydroxyl groups excluding tert-OH is 1. The Bertz CT molecular complexity index is 847. The van der Waals surface area contributed by atoms with Crippen LogP contribution in [0.15, 0.2) is 39.7 Å². The molecule has 138 valence electrons. The average Bonchev–Trinajstić information content (AvgIpc) is 3.20. The van der Waals surface area contributed by atoms with Crippen LogP contribution in [0, 0.1) is 13.8 Å². The van der Waals surface area contributed by atoms with Crippen molar-refractivity contribution in [1.82, 2.24) is 15.6 Å². The molecule has 0 bridgehead atoms. The van der Waals surface area contributed by atoms with Gasteiger partial charge in [-0.1, -0.05) is 18.2 Å². The van der Waals surface area contributed by atoms with E-state index < -0.39 is 6.10 Å². The number of guanidine groups is 1. The van der Waals surface area contributed by atoms with Crippen LogP contribution in [0.25, 0.3) is 10.1 Å². The Hall–Kier alpha value is -2.38. The standard InChI is InChI=1S/C19H24N4O2S/c1-4-20-19(22-11-18-23-12(2)13(3)25-18)21-10-15(24)17-9-14-7-5-6-8-16(14)26-17/h5-9,15,24H,4,10-11H2,1-3H3,(H2,20,21,22). The van der Waals surface area contributed by atoms with Gasteiger partial charge in [0.05, 0.1) is 5.69 Å². The molecule has 3 rings (SSSR count). The third kappa shape index (κ3) is 4.42. The summed E-state index contributed by atoms with van der Waals surface area (Å²) in [6.07, 6.45) is -0.595. The summed E-state index contributed by atoms with van der Waals surface area (Å²) in [7, 11) is 0. The van der Waals surface area contributed by atoms with Crippen molar-refractivity contribution in [1.29, 1.82) is 0 Å². The lowest BCUT2D eigenvalue weighted by Crippen LogP contribution is -2.39. The first-order valence-corrected chi connectivity index (χ1v) is 9.50. The molecule has 0 aliphatic carbocycles. The van der Waals surface area contributed by atoms with Gasteiger partial charge in [-0.05, 0) is 38.3 Å². The van der Waals surface area contributed by atoms with Gasteiger partial charge in [-0.3, -0.25) is 0 Å². The molecule has 1 unspecified atom stereocenters. The molecule has 2 heterocycles. The van der Waals surface area contributed by atoms with Gasteiger partial charge < -0.3 is 20.2 Å². The van der Waals surface area contributed by atoms with E-state index in [2.05, 4.69) is 32.7 Å². The van der Waals surface area contributed by atoms with E-state index in [-0.39, 0.29) is 0 Å². The highest BCUT2D eigenvalue weighted by atomic mass is 32.1. The maximum atomic E-state index is 10.5. The van der Waals surface area contributed by atoms with Gasteiger partial charge in [0.1, 0.15) is 18.4 Å². The van der Waals surface area contributed by atoms with Crippen LogP contribution in [0.4, 0.5) is 0 Å². The number of nitrogens with one attached hydrogen (secondary N) is 2. The first-order chi connectivity index (χ1) is 12.6. The normalized spacial score (nSPS) is 13.2. The van der Waals surface area contributed by atoms with Gasteiger partial charge in [0.15, 0.2) is 5.96 Å². The zero-order valence-corrected chi connectivity index (χ0v) is 16.1. The Morgan fingerprint density at radius 2 is 2.12 bits per heavy atom. The fourth-order valence-corrected chi connectivity index (χ4v) is 3.61. The first kappa shape index (κ1) is 18.4. The SMILES string of the molecule is CCNC(=NCc1nc(C)c(C)o1)NCC(O)c1cc2ccccc2s1. The number of nitrogens with zero attached hydrogens (tertiary/aromatic N) is 2. The first-order valence-electron chi connectivity index (χ1n) is 8.68. The molecule has 7 heteroatoms. The Morgan fingerprint density at radius 1 is 1.31 bits per heavy atom. The van der Waals surface area contributed by atoms with Crippen molar-refractivity contribution in [3.8, 4) is 0 Å². The van der Waals surface area contributed by atoms with E-state index in [4.69, 9.17) is 4.42 Å². The molecule has 0 spiro atoms. The summed E-state index contributed by atoms with van der Waals surface area (Å²) in [6, 6.07) is 10.2. The van der Waals surface area contributed by atoms with Crippen molar-refractivity contribution in [3.63, 3.8) is 0 Å². The number of hydrogen-bond acceptors (Lipinski definition) is 5. The third-order valence-corrected chi connectivity index (χ3v) is 5.24. The number of rotatable bonds is 6. The Balaban J connectivity index is 1.62. The second-order valence-electron chi connectivity index (χ2n) is 6.03. The molecule has 0 saturated carbocycles.